The molecule has 0 radical (unpaired) electrons. The van der Waals surface area contributed by atoms with Crippen LogP contribution in [0.4, 0.5) is 0 Å². The predicted octanol–water partition coefficient (Wildman–Crippen LogP) is 4.03. The Balaban J connectivity index is 5.88. The SMILES string of the molecule is C=C/C=C\C(=C/C=C)S(=O)(=O)C(/C=C\C=C)=C/C=C. The molecule has 0 heterocycles. The summed E-state index contributed by atoms with van der Waals surface area (Å²) in [4.78, 5) is 0.258. The molecule has 3 heteroatoms. The summed E-state index contributed by atoms with van der Waals surface area (Å²) in [5.74, 6) is 0. The lowest BCUT2D eigenvalue weighted by Crippen LogP contribution is -2.04. The van der Waals surface area contributed by atoms with E-state index in [2.05, 4.69) is 26.3 Å². The zero-order valence-electron chi connectivity index (χ0n) is 10.8. The zero-order valence-corrected chi connectivity index (χ0v) is 11.6. The normalized spacial score (nSPS) is 13.7. The van der Waals surface area contributed by atoms with E-state index in [0.29, 0.717) is 0 Å². The number of hydrogen-bond acceptors (Lipinski definition) is 2. The summed E-state index contributed by atoms with van der Waals surface area (Å²) in [6, 6.07) is 0. The van der Waals surface area contributed by atoms with E-state index in [4.69, 9.17) is 0 Å². The minimum absolute atomic E-state index is 0.129. The van der Waals surface area contributed by atoms with Crippen molar-refractivity contribution in [1.82, 2.24) is 0 Å². The van der Waals surface area contributed by atoms with E-state index < -0.39 is 9.84 Å². The first-order valence-corrected chi connectivity index (χ1v) is 7.01. The second kappa shape index (κ2) is 8.89. The Kier molecular flexibility index (Phi) is 7.89. The van der Waals surface area contributed by atoms with Crippen LogP contribution in [0.25, 0.3) is 0 Å². The van der Waals surface area contributed by atoms with E-state index in [1.165, 1.54) is 48.6 Å². The highest BCUT2D eigenvalue weighted by molar-refractivity contribution is 7.99. The fraction of sp³-hybridized carbons (Fsp3) is 0. The van der Waals surface area contributed by atoms with E-state index in [1.54, 1.807) is 12.2 Å². The van der Waals surface area contributed by atoms with Gasteiger partial charge in [-0.25, -0.2) is 8.42 Å². The summed E-state index contributed by atoms with van der Waals surface area (Å²) in [5, 5.41) is 0. The van der Waals surface area contributed by atoms with Gasteiger partial charge in [-0.3, -0.25) is 0 Å². The van der Waals surface area contributed by atoms with Gasteiger partial charge in [-0.2, -0.15) is 0 Å². The molecule has 0 rings (SSSR count). The summed E-state index contributed by atoms with van der Waals surface area (Å²) in [6.07, 6.45) is 14.7. The van der Waals surface area contributed by atoms with Crippen molar-refractivity contribution in [2.24, 2.45) is 0 Å². The fourth-order valence-corrected chi connectivity index (χ4v) is 2.50. The molecule has 100 valence electrons. The minimum atomic E-state index is -3.62. The van der Waals surface area contributed by atoms with Gasteiger partial charge in [-0.05, 0) is 24.3 Å². The molecular formula is C16H18O2S. The molecule has 0 aliphatic rings. The van der Waals surface area contributed by atoms with Gasteiger partial charge in [0.1, 0.15) is 0 Å². The third-order valence-electron chi connectivity index (χ3n) is 1.98. The first-order chi connectivity index (χ1) is 9.04. The van der Waals surface area contributed by atoms with Gasteiger partial charge in [0.15, 0.2) is 0 Å². The minimum Gasteiger partial charge on any atom is -0.219 e. The van der Waals surface area contributed by atoms with E-state index in [0.717, 1.165) is 0 Å². The molecule has 0 aromatic carbocycles. The molecule has 0 amide bonds. The second-order valence-corrected chi connectivity index (χ2v) is 5.25. The highest BCUT2D eigenvalue weighted by Gasteiger charge is 2.18. The summed E-state index contributed by atoms with van der Waals surface area (Å²) >= 11 is 0. The highest BCUT2D eigenvalue weighted by Crippen LogP contribution is 2.20. The quantitative estimate of drug-likeness (QED) is 0.626. The van der Waals surface area contributed by atoms with Crippen LogP contribution in [0.3, 0.4) is 0 Å². The average molecular weight is 274 g/mol. The van der Waals surface area contributed by atoms with Gasteiger partial charge >= 0.3 is 0 Å². The number of allylic oxidation sites excluding steroid dienone is 10. The van der Waals surface area contributed by atoms with Crippen molar-refractivity contribution >= 4 is 9.84 Å². The molecule has 0 spiro atoms. The van der Waals surface area contributed by atoms with Crippen LogP contribution in [0.2, 0.25) is 0 Å². The first kappa shape index (κ1) is 16.9. The highest BCUT2D eigenvalue weighted by atomic mass is 32.2. The molecule has 2 nitrogen and oxygen atoms in total. The van der Waals surface area contributed by atoms with Crippen molar-refractivity contribution in [2.75, 3.05) is 0 Å². The standard InChI is InChI=1S/C16H18O2S/c1-5-9-13-15(11-7-3)19(17,18)16(12-8-4)14-10-6-2/h5-14H,1-4H2/b13-9-,14-10-,15-11+,16-12+. The van der Waals surface area contributed by atoms with Crippen LogP contribution in [-0.4, -0.2) is 8.42 Å². The molecule has 0 fully saturated rings. The van der Waals surface area contributed by atoms with E-state index in [-0.39, 0.29) is 9.81 Å². The Bertz CT molecular complexity index is 522. The Labute approximate surface area is 115 Å². The van der Waals surface area contributed by atoms with Crippen molar-refractivity contribution in [3.63, 3.8) is 0 Å². The lowest BCUT2D eigenvalue weighted by atomic mass is 10.4. The van der Waals surface area contributed by atoms with Gasteiger partial charge in [0.25, 0.3) is 0 Å². The molecule has 0 unspecified atom stereocenters. The predicted molar refractivity (Wildman–Crippen MR) is 84.2 cm³/mol. The third-order valence-corrected chi connectivity index (χ3v) is 3.76. The van der Waals surface area contributed by atoms with Crippen LogP contribution < -0.4 is 0 Å². The van der Waals surface area contributed by atoms with Gasteiger partial charge in [-0.15, -0.1) is 0 Å². The Morgan fingerprint density at radius 3 is 1.32 bits per heavy atom. The largest absolute Gasteiger partial charge is 0.219 e. The van der Waals surface area contributed by atoms with Gasteiger partial charge in [0.2, 0.25) is 9.84 Å². The second-order valence-electron chi connectivity index (χ2n) is 3.30. The van der Waals surface area contributed by atoms with Gasteiger partial charge in [0, 0.05) is 0 Å². The lowest BCUT2D eigenvalue weighted by molar-refractivity contribution is 0.609. The maximum absolute atomic E-state index is 12.4. The first-order valence-electron chi connectivity index (χ1n) is 5.53. The molecule has 0 aromatic heterocycles. The van der Waals surface area contributed by atoms with Crippen molar-refractivity contribution < 1.29 is 8.42 Å². The van der Waals surface area contributed by atoms with Crippen LogP contribution in [0.5, 0.6) is 0 Å². The topological polar surface area (TPSA) is 34.1 Å². The Morgan fingerprint density at radius 1 is 0.684 bits per heavy atom. The van der Waals surface area contributed by atoms with E-state index >= 15 is 0 Å². The lowest BCUT2D eigenvalue weighted by Gasteiger charge is -2.05. The van der Waals surface area contributed by atoms with Crippen molar-refractivity contribution in [1.29, 1.82) is 0 Å². The fourth-order valence-electron chi connectivity index (χ4n) is 1.16. The molecule has 19 heavy (non-hydrogen) atoms. The maximum Gasteiger partial charge on any atom is 0.206 e. The van der Waals surface area contributed by atoms with Crippen LogP contribution in [0.1, 0.15) is 0 Å². The summed E-state index contributed by atoms with van der Waals surface area (Å²) in [6.45, 7) is 14.1. The van der Waals surface area contributed by atoms with Crippen LogP contribution in [0.15, 0.2) is 96.9 Å². The van der Waals surface area contributed by atoms with Crippen molar-refractivity contribution in [3.05, 3.63) is 96.9 Å². The molecule has 0 aliphatic heterocycles. The number of rotatable bonds is 8. The molecular weight excluding hydrogens is 256 g/mol. The average Bonchev–Trinajstić information content (AvgIpc) is 2.39. The zero-order chi connectivity index (χ0) is 14.7. The van der Waals surface area contributed by atoms with Crippen LogP contribution in [0, 0.1) is 0 Å². The Morgan fingerprint density at radius 2 is 1.05 bits per heavy atom. The molecule has 0 saturated carbocycles. The molecule has 0 N–H and O–H groups in total. The maximum atomic E-state index is 12.4. The number of sulfone groups is 1. The molecule has 0 bridgehead atoms. The third kappa shape index (κ3) is 5.36. The summed E-state index contributed by atoms with van der Waals surface area (Å²) in [5.41, 5.74) is 0. The van der Waals surface area contributed by atoms with Crippen molar-refractivity contribution in [3.8, 4) is 0 Å². The van der Waals surface area contributed by atoms with Crippen molar-refractivity contribution in [2.45, 2.75) is 0 Å². The summed E-state index contributed by atoms with van der Waals surface area (Å²) < 4.78 is 24.8. The molecule has 0 saturated heterocycles. The van der Waals surface area contributed by atoms with E-state index in [1.807, 2.05) is 0 Å². The van der Waals surface area contributed by atoms with Gasteiger partial charge < -0.3 is 0 Å². The molecule has 0 atom stereocenters. The monoisotopic (exact) mass is 274 g/mol. The smallest absolute Gasteiger partial charge is 0.206 e. The van der Waals surface area contributed by atoms with Gasteiger partial charge in [0.05, 0.1) is 9.81 Å². The number of hydrogen-bond donors (Lipinski definition) is 0. The molecule has 0 aliphatic carbocycles. The van der Waals surface area contributed by atoms with E-state index in [9.17, 15) is 8.42 Å². The summed E-state index contributed by atoms with van der Waals surface area (Å²) in [7, 11) is -3.62. The van der Waals surface area contributed by atoms with Crippen LogP contribution >= 0.6 is 0 Å². The van der Waals surface area contributed by atoms with Crippen LogP contribution in [-0.2, 0) is 9.84 Å². The van der Waals surface area contributed by atoms with Gasteiger partial charge in [-0.1, -0.05) is 62.8 Å². The molecule has 0 aromatic rings. The Hall–Kier alpha value is -2.13.